The SMILES string of the molecule is C(=N/Nc1ccccc1)/c1cccc(OCc2cccc3ccccc23)c1. The van der Waals surface area contributed by atoms with Gasteiger partial charge in [0.2, 0.25) is 0 Å². The highest BCUT2D eigenvalue weighted by molar-refractivity contribution is 5.85. The number of rotatable bonds is 6. The van der Waals surface area contributed by atoms with Crippen molar-refractivity contribution < 1.29 is 4.74 Å². The summed E-state index contributed by atoms with van der Waals surface area (Å²) in [6.45, 7) is 0.532. The van der Waals surface area contributed by atoms with Gasteiger partial charge in [0.05, 0.1) is 11.9 Å². The number of anilines is 1. The molecule has 0 saturated heterocycles. The van der Waals surface area contributed by atoms with E-state index in [4.69, 9.17) is 4.74 Å². The van der Waals surface area contributed by atoms with Gasteiger partial charge in [0.25, 0.3) is 0 Å². The molecule has 4 aromatic carbocycles. The van der Waals surface area contributed by atoms with E-state index in [1.54, 1.807) is 6.21 Å². The van der Waals surface area contributed by atoms with E-state index in [1.165, 1.54) is 16.3 Å². The van der Waals surface area contributed by atoms with Crippen molar-refractivity contribution in [3.63, 3.8) is 0 Å². The molecule has 0 aliphatic rings. The Morgan fingerprint density at radius 2 is 1.56 bits per heavy atom. The van der Waals surface area contributed by atoms with Gasteiger partial charge in [-0.05, 0) is 46.2 Å². The Labute approximate surface area is 158 Å². The predicted molar refractivity (Wildman–Crippen MR) is 112 cm³/mol. The second-order valence-electron chi connectivity index (χ2n) is 6.24. The van der Waals surface area contributed by atoms with Crippen LogP contribution in [0.15, 0.2) is 102 Å². The molecular formula is C24H20N2O. The number of para-hydroxylation sites is 1. The van der Waals surface area contributed by atoms with Crippen LogP contribution in [-0.2, 0) is 6.61 Å². The van der Waals surface area contributed by atoms with Crippen LogP contribution in [0.25, 0.3) is 10.8 Å². The molecule has 0 amide bonds. The van der Waals surface area contributed by atoms with Crippen molar-refractivity contribution in [1.82, 2.24) is 0 Å². The Morgan fingerprint density at radius 3 is 2.48 bits per heavy atom. The number of ether oxygens (including phenoxy) is 1. The molecule has 4 aromatic rings. The first kappa shape index (κ1) is 16.9. The molecule has 1 N–H and O–H groups in total. The number of benzene rings is 4. The van der Waals surface area contributed by atoms with E-state index in [0.717, 1.165) is 17.0 Å². The molecule has 0 aliphatic carbocycles. The van der Waals surface area contributed by atoms with E-state index in [2.05, 4.69) is 53.0 Å². The molecule has 0 fully saturated rings. The van der Waals surface area contributed by atoms with Crippen molar-refractivity contribution in [2.45, 2.75) is 6.61 Å². The molecule has 0 bridgehead atoms. The van der Waals surface area contributed by atoms with Gasteiger partial charge in [0, 0.05) is 0 Å². The summed E-state index contributed by atoms with van der Waals surface area (Å²) in [5, 5.41) is 6.74. The lowest BCUT2D eigenvalue weighted by atomic mass is 10.1. The summed E-state index contributed by atoms with van der Waals surface area (Å²) < 4.78 is 6.02. The van der Waals surface area contributed by atoms with Crippen LogP contribution in [0.2, 0.25) is 0 Å². The van der Waals surface area contributed by atoms with Crippen LogP contribution in [0, 0.1) is 0 Å². The first-order valence-corrected chi connectivity index (χ1v) is 8.92. The Kier molecular flexibility index (Phi) is 5.11. The Bertz CT molecular complexity index is 1050. The van der Waals surface area contributed by atoms with Crippen LogP contribution >= 0.6 is 0 Å². The van der Waals surface area contributed by atoms with Gasteiger partial charge in [0.15, 0.2) is 0 Å². The minimum absolute atomic E-state index is 0.532. The molecule has 3 heteroatoms. The van der Waals surface area contributed by atoms with Gasteiger partial charge in [0.1, 0.15) is 12.4 Å². The number of hydrogen-bond donors (Lipinski definition) is 1. The smallest absolute Gasteiger partial charge is 0.120 e. The third-order valence-electron chi connectivity index (χ3n) is 4.31. The Morgan fingerprint density at radius 1 is 0.778 bits per heavy atom. The van der Waals surface area contributed by atoms with E-state index < -0.39 is 0 Å². The molecule has 0 radical (unpaired) electrons. The summed E-state index contributed by atoms with van der Waals surface area (Å²) in [7, 11) is 0. The predicted octanol–water partition coefficient (Wildman–Crippen LogP) is 5.86. The van der Waals surface area contributed by atoms with Gasteiger partial charge in [-0.2, -0.15) is 5.10 Å². The first-order chi connectivity index (χ1) is 13.4. The van der Waals surface area contributed by atoms with Crippen molar-refractivity contribution in [2.75, 3.05) is 5.43 Å². The standard InChI is InChI=1S/C24H20N2O/c1-2-12-22(13-3-1)26-25-17-19-8-6-14-23(16-19)27-18-21-11-7-10-20-9-4-5-15-24(20)21/h1-17,26H,18H2/b25-17-. The fraction of sp³-hybridized carbons (Fsp3) is 0.0417. The Hall–Kier alpha value is -3.59. The lowest BCUT2D eigenvalue weighted by Crippen LogP contribution is -1.97. The zero-order chi connectivity index (χ0) is 18.3. The van der Waals surface area contributed by atoms with Crippen LogP contribution < -0.4 is 10.2 Å². The number of hydrogen-bond acceptors (Lipinski definition) is 3. The van der Waals surface area contributed by atoms with Crippen LogP contribution in [0.1, 0.15) is 11.1 Å². The largest absolute Gasteiger partial charge is 0.489 e. The first-order valence-electron chi connectivity index (χ1n) is 8.92. The summed E-state index contributed by atoms with van der Waals surface area (Å²) >= 11 is 0. The quantitative estimate of drug-likeness (QED) is 0.348. The van der Waals surface area contributed by atoms with E-state index in [-0.39, 0.29) is 0 Å². The average Bonchev–Trinajstić information content (AvgIpc) is 2.73. The van der Waals surface area contributed by atoms with Gasteiger partial charge in [-0.1, -0.05) is 72.8 Å². The average molecular weight is 352 g/mol. The van der Waals surface area contributed by atoms with Crippen LogP contribution in [0.5, 0.6) is 5.75 Å². The minimum Gasteiger partial charge on any atom is -0.489 e. The zero-order valence-corrected chi connectivity index (χ0v) is 14.9. The number of hydrazone groups is 1. The van der Waals surface area contributed by atoms with Gasteiger partial charge >= 0.3 is 0 Å². The minimum atomic E-state index is 0.532. The number of fused-ring (bicyclic) bond motifs is 1. The molecule has 0 heterocycles. The monoisotopic (exact) mass is 352 g/mol. The number of nitrogens with zero attached hydrogens (tertiary/aromatic N) is 1. The van der Waals surface area contributed by atoms with Crippen molar-refractivity contribution >= 4 is 22.7 Å². The van der Waals surface area contributed by atoms with Crippen molar-refractivity contribution in [3.8, 4) is 5.75 Å². The molecule has 0 spiro atoms. The van der Waals surface area contributed by atoms with E-state index >= 15 is 0 Å². The molecule has 4 rings (SSSR count). The van der Waals surface area contributed by atoms with Crippen LogP contribution in [0.3, 0.4) is 0 Å². The molecule has 27 heavy (non-hydrogen) atoms. The van der Waals surface area contributed by atoms with E-state index in [9.17, 15) is 0 Å². The lowest BCUT2D eigenvalue weighted by Gasteiger charge is -2.09. The highest BCUT2D eigenvalue weighted by Crippen LogP contribution is 2.21. The van der Waals surface area contributed by atoms with Gasteiger partial charge in [-0.25, -0.2) is 0 Å². The maximum atomic E-state index is 6.02. The normalized spacial score (nSPS) is 11.0. The highest BCUT2D eigenvalue weighted by Gasteiger charge is 2.02. The number of nitrogens with one attached hydrogen (secondary N) is 1. The highest BCUT2D eigenvalue weighted by atomic mass is 16.5. The molecular weight excluding hydrogens is 332 g/mol. The molecule has 0 saturated carbocycles. The van der Waals surface area contributed by atoms with E-state index in [1.807, 2.05) is 54.6 Å². The second-order valence-corrected chi connectivity index (χ2v) is 6.24. The summed E-state index contributed by atoms with van der Waals surface area (Å²) in [6.07, 6.45) is 1.79. The van der Waals surface area contributed by atoms with Gasteiger partial charge < -0.3 is 4.74 Å². The van der Waals surface area contributed by atoms with Crippen molar-refractivity contribution in [1.29, 1.82) is 0 Å². The van der Waals surface area contributed by atoms with Crippen LogP contribution in [-0.4, -0.2) is 6.21 Å². The van der Waals surface area contributed by atoms with Crippen molar-refractivity contribution in [3.05, 3.63) is 108 Å². The molecule has 0 atom stereocenters. The maximum Gasteiger partial charge on any atom is 0.120 e. The third-order valence-corrected chi connectivity index (χ3v) is 4.31. The lowest BCUT2D eigenvalue weighted by molar-refractivity contribution is 0.307. The summed E-state index contributed by atoms with van der Waals surface area (Å²) in [5.74, 6) is 0.826. The summed E-state index contributed by atoms with van der Waals surface area (Å²) in [4.78, 5) is 0. The summed E-state index contributed by atoms with van der Waals surface area (Å²) in [5.41, 5.74) is 6.13. The van der Waals surface area contributed by atoms with Crippen LogP contribution in [0.4, 0.5) is 5.69 Å². The zero-order valence-electron chi connectivity index (χ0n) is 14.9. The van der Waals surface area contributed by atoms with Gasteiger partial charge in [-0.3, -0.25) is 5.43 Å². The fourth-order valence-corrected chi connectivity index (χ4v) is 2.96. The molecule has 3 nitrogen and oxygen atoms in total. The Balaban J connectivity index is 1.43. The van der Waals surface area contributed by atoms with Crippen molar-refractivity contribution in [2.24, 2.45) is 5.10 Å². The maximum absolute atomic E-state index is 6.02. The molecule has 0 aliphatic heterocycles. The second kappa shape index (κ2) is 8.19. The fourth-order valence-electron chi connectivity index (χ4n) is 2.96. The molecule has 0 unspecified atom stereocenters. The summed E-state index contributed by atoms with van der Waals surface area (Å²) in [6, 6.07) is 32.5. The third kappa shape index (κ3) is 4.33. The molecule has 132 valence electrons. The van der Waals surface area contributed by atoms with Gasteiger partial charge in [-0.15, -0.1) is 0 Å². The van der Waals surface area contributed by atoms with E-state index in [0.29, 0.717) is 6.61 Å². The molecule has 0 aromatic heterocycles. The topological polar surface area (TPSA) is 33.6 Å².